The number of primary amides is 1. The van der Waals surface area contributed by atoms with E-state index in [1.54, 1.807) is 24.3 Å². The molecule has 0 bridgehead atoms. The van der Waals surface area contributed by atoms with Crippen LogP contribution in [-0.4, -0.2) is 11.9 Å². The maximum absolute atomic E-state index is 13.5. The van der Waals surface area contributed by atoms with E-state index in [1.807, 2.05) is 0 Å². The van der Waals surface area contributed by atoms with Crippen LogP contribution in [0.4, 0.5) is 20.6 Å². The van der Waals surface area contributed by atoms with Crippen molar-refractivity contribution in [1.82, 2.24) is 0 Å². The molecular weight excluding hydrogens is 261 g/mol. The van der Waals surface area contributed by atoms with E-state index < -0.39 is 17.8 Å². The van der Waals surface area contributed by atoms with Gasteiger partial charge >= 0.3 is 6.03 Å². The topological polar surface area (TPSA) is 84.2 Å². The van der Waals surface area contributed by atoms with Crippen LogP contribution >= 0.6 is 0 Å². The van der Waals surface area contributed by atoms with Crippen LogP contribution in [0.3, 0.4) is 0 Å². The molecule has 0 saturated heterocycles. The second kappa shape index (κ2) is 5.83. The van der Waals surface area contributed by atoms with Crippen molar-refractivity contribution < 1.29 is 14.0 Å². The number of rotatable bonds is 3. The van der Waals surface area contributed by atoms with E-state index in [9.17, 15) is 14.0 Å². The summed E-state index contributed by atoms with van der Waals surface area (Å²) in [5.74, 6) is -1.17. The van der Waals surface area contributed by atoms with Crippen molar-refractivity contribution in [3.8, 4) is 0 Å². The number of carbonyl (C=O) groups excluding carboxylic acids is 2. The Morgan fingerprint density at radius 3 is 2.25 bits per heavy atom. The van der Waals surface area contributed by atoms with Gasteiger partial charge in [-0.2, -0.15) is 0 Å². The summed E-state index contributed by atoms with van der Waals surface area (Å²) in [6.07, 6.45) is 0. The Morgan fingerprint density at radius 1 is 0.950 bits per heavy atom. The SMILES string of the molecule is NC(=O)Nc1cccc(NC(=O)c2ccccc2F)c1. The highest BCUT2D eigenvalue weighted by Crippen LogP contribution is 2.16. The molecule has 4 N–H and O–H groups in total. The minimum Gasteiger partial charge on any atom is -0.351 e. The van der Waals surface area contributed by atoms with Crippen molar-refractivity contribution in [2.24, 2.45) is 5.73 Å². The van der Waals surface area contributed by atoms with Gasteiger partial charge < -0.3 is 16.4 Å². The highest BCUT2D eigenvalue weighted by molar-refractivity contribution is 6.04. The van der Waals surface area contributed by atoms with Gasteiger partial charge in [0, 0.05) is 11.4 Å². The number of amides is 3. The quantitative estimate of drug-likeness (QED) is 0.803. The van der Waals surface area contributed by atoms with Gasteiger partial charge in [0.2, 0.25) is 0 Å². The van der Waals surface area contributed by atoms with Gasteiger partial charge in [-0.15, -0.1) is 0 Å². The van der Waals surface area contributed by atoms with Crippen LogP contribution in [0.5, 0.6) is 0 Å². The van der Waals surface area contributed by atoms with Crippen molar-refractivity contribution in [1.29, 1.82) is 0 Å². The lowest BCUT2D eigenvalue weighted by atomic mass is 10.2. The molecule has 0 atom stereocenters. The maximum atomic E-state index is 13.5. The lowest BCUT2D eigenvalue weighted by Gasteiger charge is -2.08. The van der Waals surface area contributed by atoms with Gasteiger partial charge in [0.15, 0.2) is 0 Å². The van der Waals surface area contributed by atoms with Crippen molar-refractivity contribution in [3.63, 3.8) is 0 Å². The van der Waals surface area contributed by atoms with Crippen molar-refractivity contribution in [3.05, 3.63) is 59.9 Å². The fourth-order valence-electron chi connectivity index (χ4n) is 1.66. The molecule has 0 unspecified atom stereocenters. The molecule has 0 aromatic heterocycles. The monoisotopic (exact) mass is 273 g/mol. The second-order valence-corrected chi connectivity index (χ2v) is 4.00. The molecule has 3 amide bonds. The minimum absolute atomic E-state index is 0.0548. The first-order valence-electron chi connectivity index (χ1n) is 5.78. The molecular formula is C14H12FN3O2. The normalized spacial score (nSPS) is 9.85. The lowest BCUT2D eigenvalue weighted by Crippen LogP contribution is -2.19. The van der Waals surface area contributed by atoms with E-state index in [0.29, 0.717) is 11.4 Å². The van der Waals surface area contributed by atoms with E-state index in [4.69, 9.17) is 5.73 Å². The Bertz CT molecular complexity index is 658. The molecule has 0 fully saturated rings. The first-order chi connectivity index (χ1) is 9.56. The fraction of sp³-hybridized carbons (Fsp3) is 0. The summed E-state index contributed by atoms with van der Waals surface area (Å²) in [6.45, 7) is 0. The summed E-state index contributed by atoms with van der Waals surface area (Å²) < 4.78 is 13.5. The molecule has 0 spiro atoms. The summed E-state index contributed by atoms with van der Waals surface area (Å²) in [5, 5.41) is 4.92. The standard InChI is InChI=1S/C14H12FN3O2/c15-12-7-2-1-6-11(12)13(19)17-9-4-3-5-10(8-9)18-14(16)20/h1-8H,(H,17,19)(H3,16,18,20). The Kier molecular flexibility index (Phi) is 3.95. The van der Waals surface area contributed by atoms with Gasteiger partial charge in [-0.25, -0.2) is 9.18 Å². The van der Waals surface area contributed by atoms with E-state index >= 15 is 0 Å². The van der Waals surface area contributed by atoms with Gasteiger partial charge in [0.25, 0.3) is 5.91 Å². The highest BCUT2D eigenvalue weighted by Gasteiger charge is 2.11. The summed E-state index contributed by atoms with van der Waals surface area (Å²) in [4.78, 5) is 22.6. The molecule has 0 aliphatic heterocycles. The van der Waals surface area contributed by atoms with Crippen LogP contribution in [0.25, 0.3) is 0 Å². The Morgan fingerprint density at radius 2 is 1.60 bits per heavy atom. The Balaban J connectivity index is 2.16. The first kappa shape index (κ1) is 13.5. The molecule has 5 nitrogen and oxygen atoms in total. The third-order valence-corrected chi connectivity index (χ3v) is 2.51. The summed E-state index contributed by atoms with van der Waals surface area (Å²) >= 11 is 0. The maximum Gasteiger partial charge on any atom is 0.316 e. The second-order valence-electron chi connectivity index (χ2n) is 4.00. The van der Waals surface area contributed by atoms with Crippen molar-refractivity contribution in [2.75, 3.05) is 10.6 Å². The molecule has 20 heavy (non-hydrogen) atoms. The van der Waals surface area contributed by atoms with Gasteiger partial charge in [-0.3, -0.25) is 4.79 Å². The summed E-state index contributed by atoms with van der Waals surface area (Å²) in [6, 6.07) is 11.3. The predicted molar refractivity (Wildman–Crippen MR) is 74.0 cm³/mol. The number of benzene rings is 2. The Hall–Kier alpha value is -2.89. The van der Waals surface area contributed by atoms with Crippen LogP contribution in [-0.2, 0) is 0 Å². The van der Waals surface area contributed by atoms with Crippen LogP contribution < -0.4 is 16.4 Å². The Labute approximate surface area is 114 Å². The average Bonchev–Trinajstić information content (AvgIpc) is 2.38. The zero-order valence-electron chi connectivity index (χ0n) is 10.4. The zero-order chi connectivity index (χ0) is 14.5. The van der Waals surface area contributed by atoms with Crippen LogP contribution in [0.2, 0.25) is 0 Å². The van der Waals surface area contributed by atoms with E-state index in [-0.39, 0.29) is 5.56 Å². The van der Waals surface area contributed by atoms with Gasteiger partial charge in [-0.1, -0.05) is 18.2 Å². The van der Waals surface area contributed by atoms with Crippen LogP contribution in [0.15, 0.2) is 48.5 Å². The molecule has 2 aromatic carbocycles. The zero-order valence-corrected chi connectivity index (χ0v) is 10.4. The van der Waals surface area contributed by atoms with Gasteiger partial charge in [-0.05, 0) is 30.3 Å². The molecule has 2 rings (SSSR count). The van der Waals surface area contributed by atoms with E-state index in [2.05, 4.69) is 10.6 Å². The number of nitrogens with two attached hydrogens (primary N) is 1. The predicted octanol–water partition coefficient (Wildman–Crippen LogP) is 2.57. The first-order valence-corrected chi connectivity index (χ1v) is 5.78. The van der Waals surface area contributed by atoms with Crippen LogP contribution in [0.1, 0.15) is 10.4 Å². The lowest BCUT2D eigenvalue weighted by molar-refractivity contribution is 0.102. The number of hydrogen-bond donors (Lipinski definition) is 3. The van der Waals surface area contributed by atoms with Gasteiger partial charge in [0.1, 0.15) is 5.82 Å². The molecule has 0 saturated carbocycles. The highest BCUT2D eigenvalue weighted by atomic mass is 19.1. The molecule has 2 aromatic rings. The molecule has 0 aliphatic rings. The number of urea groups is 1. The molecule has 102 valence electrons. The number of anilines is 2. The van der Waals surface area contributed by atoms with Crippen molar-refractivity contribution in [2.45, 2.75) is 0 Å². The molecule has 0 radical (unpaired) electrons. The summed E-state index contributed by atoms with van der Waals surface area (Å²) in [5.41, 5.74) is 5.80. The van der Waals surface area contributed by atoms with Crippen molar-refractivity contribution >= 4 is 23.3 Å². The van der Waals surface area contributed by atoms with E-state index in [1.165, 1.54) is 24.3 Å². The number of hydrogen-bond acceptors (Lipinski definition) is 2. The molecule has 0 aliphatic carbocycles. The minimum atomic E-state index is -0.706. The molecule has 0 heterocycles. The summed E-state index contributed by atoms with van der Waals surface area (Å²) in [7, 11) is 0. The molecule has 6 heteroatoms. The number of carbonyl (C=O) groups is 2. The third-order valence-electron chi connectivity index (χ3n) is 2.51. The van der Waals surface area contributed by atoms with Crippen LogP contribution in [0, 0.1) is 5.82 Å². The van der Waals surface area contributed by atoms with Gasteiger partial charge in [0.05, 0.1) is 5.56 Å². The van der Waals surface area contributed by atoms with E-state index in [0.717, 1.165) is 0 Å². The number of nitrogens with one attached hydrogen (secondary N) is 2. The smallest absolute Gasteiger partial charge is 0.316 e. The third kappa shape index (κ3) is 3.32. The average molecular weight is 273 g/mol. The fourth-order valence-corrected chi connectivity index (χ4v) is 1.66. The largest absolute Gasteiger partial charge is 0.351 e. The number of halogens is 1.